The third kappa shape index (κ3) is 3.78. The molecular weight excluding hydrogens is 228 g/mol. The van der Waals surface area contributed by atoms with E-state index in [0.29, 0.717) is 6.54 Å². The van der Waals surface area contributed by atoms with Crippen molar-refractivity contribution in [1.82, 2.24) is 20.1 Å². The maximum atomic E-state index is 9.58. The molecule has 0 fully saturated rings. The van der Waals surface area contributed by atoms with Crippen LogP contribution in [0.4, 0.5) is 0 Å². The van der Waals surface area contributed by atoms with Crippen LogP contribution in [0.15, 0.2) is 0 Å². The van der Waals surface area contributed by atoms with Gasteiger partial charge in [-0.2, -0.15) is 5.10 Å². The van der Waals surface area contributed by atoms with E-state index in [9.17, 15) is 5.11 Å². The van der Waals surface area contributed by atoms with E-state index >= 15 is 0 Å². The zero-order chi connectivity index (χ0) is 13.6. The SMILES string of the molecule is CCCNC(C)(CO)Cn1nc(CC)nc1CC. The largest absolute Gasteiger partial charge is 0.394 e. The summed E-state index contributed by atoms with van der Waals surface area (Å²) in [6.07, 6.45) is 2.76. The van der Waals surface area contributed by atoms with Gasteiger partial charge in [0.2, 0.25) is 0 Å². The van der Waals surface area contributed by atoms with Gasteiger partial charge >= 0.3 is 0 Å². The molecule has 0 spiro atoms. The second kappa shape index (κ2) is 6.85. The van der Waals surface area contributed by atoms with Gasteiger partial charge in [0.05, 0.1) is 18.7 Å². The van der Waals surface area contributed by atoms with Gasteiger partial charge in [-0.05, 0) is 19.9 Å². The number of nitrogens with one attached hydrogen (secondary N) is 1. The van der Waals surface area contributed by atoms with E-state index in [-0.39, 0.29) is 12.1 Å². The smallest absolute Gasteiger partial charge is 0.150 e. The van der Waals surface area contributed by atoms with Crippen molar-refractivity contribution in [2.24, 2.45) is 0 Å². The van der Waals surface area contributed by atoms with Gasteiger partial charge in [0.15, 0.2) is 5.82 Å². The summed E-state index contributed by atoms with van der Waals surface area (Å²) < 4.78 is 1.93. The summed E-state index contributed by atoms with van der Waals surface area (Å²) in [7, 11) is 0. The van der Waals surface area contributed by atoms with E-state index in [2.05, 4.69) is 36.2 Å². The third-order valence-electron chi connectivity index (χ3n) is 3.07. The molecule has 1 heterocycles. The van der Waals surface area contributed by atoms with Gasteiger partial charge in [-0.3, -0.25) is 0 Å². The summed E-state index contributed by atoms with van der Waals surface area (Å²) in [4.78, 5) is 4.49. The van der Waals surface area contributed by atoms with Gasteiger partial charge in [0.25, 0.3) is 0 Å². The molecule has 0 amide bonds. The van der Waals surface area contributed by atoms with Crippen LogP contribution in [0.5, 0.6) is 0 Å². The van der Waals surface area contributed by atoms with E-state index in [1.807, 2.05) is 11.6 Å². The van der Waals surface area contributed by atoms with Crippen molar-refractivity contribution in [2.75, 3.05) is 13.2 Å². The minimum absolute atomic E-state index is 0.0947. The fourth-order valence-corrected chi connectivity index (χ4v) is 1.88. The molecule has 1 aromatic heterocycles. The highest BCUT2D eigenvalue weighted by atomic mass is 16.3. The molecule has 18 heavy (non-hydrogen) atoms. The monoisotopic (exact) mass is 254 g/mol. The van der Waals surface area contributed by atoms with Crippen LogP contribution < -0.4 is 5.32 Å². The summed E-state index contributed by atoms with van der Waals surface area (Å²) in [5.74, 6) is 1.87. The van der Waals surface area contributed by atoms with Crippen molar-refractivity contribution in [3.05, 3.63) is 11.6 Å². The average molecular weight is 254 g/mol. The Morgan fingerprint density at radius 2 is 2.00 bits per heavy atom. The number of hydrogen-bond acceptors (Lipinski definition) is 4. The van der Waals surface area contributed by atoms with Crippen molar-refractivity contribution in [3.8, 4) is 0 Å². The lowest BCUT2D eigenvalue weighted by molar-refractivity contribution is 0.152. The number of aromatic nitrogens is 3. The van der Waals surface area contributed by atoms with E-state index < -0.39 is 0 Å². The van der Waals surface area contributed by atoms with Gasteiger partial charge < -0.3 is 10.4 Å². The quantitative estimate of drug-likeness (QED) is 0.730. The van der Waals surface area contributed by atoms with Gasteiger partial charge in [0, 0.05) is 12.8 Å². The minimum atomic E-state index is -0.335. The minimum Gasteiger partial charge on any atom is -0.394 e. The van der Waals surface area contributed by atoms with Crippen LogP contribution in [0.25, 0.3) is 0 Å². The van der Waals surface area contributed by atoms with Crippen LogP contribution in [0, 0.1) is 0 Å². The Balaban J connectivity index is 2.82. The van der Waals surface area contributed by atoms with Crippen molar-refractivity contribution in [2.45, 2.75) is 59.0 Å². The molecule has 0 aromatic carbocycles. The normalized spacial score (nSPS) is 14.7. The Bertz CT molecular complexity index is 364. The molecule has 2 N–H and O–H groups in total. The molecule has 0 saturated carbocycles. The number of aliphatic hydroxyl groups is 1. The summed E-state index contributed by atoms with van der Waals surface area (Å²) in [5.41, 5.74) is -0.335. The van der Waals surface area contributed by atoms with Crippen LogP contribution in [-0.4, -0.2) is 38.6 Å². The molecule has 1 rings (SSSR count). The van der Waals surface area contributed by atoms with E-state index in [1.54, 1.807) is 0 Å². The number of hydrogen-bond donors (Lipinski definition) is 2. The molecule has 0 aliphatic carbocycles. The Kier molecular flexibility index (Phi) is 5.75. The van der Waals surface area contributed by atoms with E-state index in [0.717, 1.165) is 37.5 Å². The lowest BCUT2D eigenvalue weighted by Crippen LogP contribution is -2.49. The van der Waals surface area contributed by atoms with Crippen LogP contribution in [0.1, 0.15) is 45.8 Å². The Morgan fingerprint density at radius 1 is 1.28 bits per heavy atom. The molecule has 1 aromatic rings. The average Bonchev–Trinajstić information content (AvgIpc) is 2.78. The predicted molar refractivity (Wildman–Crippen MR) is 72.6 cm³/mol. The van der Waals surface area contributed by atoms with E-state index in [4.69, 9.17) is 0 Å². The van der Waals surface area contributed by atoms with Crippen LogP contribution in [0.3, 0.4) is 0 Å². The highest BCUT2D eigenvalue weighted by Gasteiger charge is 2.25. The van der Waals surface area contributed by atoms with Crippen molar-refractivity contribution < 1.29 is 5.11 Å². The van der Waals surface area contributed by atoms with Crippen molar-refractivity contribution in [3.63, 3.8) is 0 Å². The first-order valence-corrected chi connectivity index (χ1v) is 6.87. The van der Waals surface area contributed by atoms with Gasteiger partial charge in [0.1, 0.15) is 5.82 Å². The zero-order valence-corrected chi connectivity index (χ0v) is 12.0. The lowest BCUT2D eigenvalue weighted by Gasteiger charge is -2.29. The first-order valence-electron chi connectivity index (χ1n) is 6.87. The molecule has 0 saturated heterocycles. The summed E-state index contributed by atoms with van der Waals surface area (Å²) in [6, 6.07) is 0. The first kappa shape index (κ1) is 15.1. The summed E-state index contributed by atoms with van der Waals surface area (Å²) >= 11 is 0. The third-order valence-corrected chi connectivity index (χ3v) is 3.07. The fraction of sp³-hybridized carbons (Fsp3) is 0.846. The molecule has 0 radical (unpaired) electrons. The highest BCUT2D eigenvalue weighted by Crippen LogP contribution is 2.10. The van der Waals surface area contributed by atoms with Crippen LogP contribution in [0.2, 0.25) is 0 Å². The summed E-state index contributed by atoms with van der Waals surface area (Å²) in [5, 5.41) is 17.5. The summed E-state index contributed by atoms with van der Waals surface area (Å²) in [6.45, 7) is 9.92. The van der Waals surface area contributed by atoms with Crippen LogP contribution >= 0.6 is 0 Å². The number of nitrogens with zero attached hydrogens (tertiary/aromatic N) is 3. The Labute approximate surface area is 110 Å². The number of rotatable bonds is 8. The molecule has 0 aliphatic heterocycles. The second-order valence-corrected chi connectivity index (χ2v) is 4.95. The number of aryl methyl sites for hydroxylation is 2. The fourth-order valence-electron chi connectivity index (χ4n) is 1.88. The topological polar surface area (TPSA) is 63.0 Å². The molecule has 0 bridgehead atoms. The first-order chi connectivity index (χ1) is 8.58. The maximum absolute atomic E-state index is 9.58. The van der Waals surface area contributed by atoms with Gasteiger partial charge in [-0.15, -0.1) is 0 Å². The molecule has 104 valence electrons. The van der Waals surface area contributed by atoms with E-state index in [1.165, 1.54) is 0 Å². The maximum Gasteiger partial charge on any atom is 0.150 e. The molecule has 1 unspecified atom stereocenters. The zero-order valence-electron chi connectivity index (χ0n) is 12.0. The molecule has 5 heteroatoms. The Hall–Kier alpha value is -0.940. The van der Waals surface area contributed by atoms with Crippen molar-refractivity contribution in [1.29, 1.82) is 0 Å². The predicted octanol–water partition coefficient (Wildman–Crippen LogP) is 1.15. The highest BCUT2D eigenvalue weighted by molar-refractivity contribution is 4.95. The van der Waals surface area contributed by atoms with Crippen LogP contribution in [-0.2, 0) is 19.4 Å². The molecular formula is C13H26N4O. The standard InChI is InChI=1S/C13H26N4O/c1-5-8-14-13(4,10-18)9-17-12(7-3)15-11(6-2)16-17/h14,18H,5-10H2,1-4H3. The Morgan fingerprint density at radius 3 is 2.50 bits per heavy atom. The van der Waals surface area contributed by atoms with Crippen molar-refractivity contribution >= 4 is 0 Å². The van der Waals surface area contributed by atoms with Gasteiger partial charge in [-0.25, -0.2) is 9.67 Å². The molecule has 0 aliphatic rings. The number of aliphatic hydroxyl groups excluding tert-OH is 1. The molecule has 5 nitrogen and oxygen atoms in total. The lowest BCUT2D eigenvalue weighted by atomic mass is 10.0. The molecule has 1 atom stereocenters. The van der Waals surface area contributed by atoms with Gasteiger partial charge in [-0.1, -0.05) is 20.8 Å². The second-order valence-electron chi connectivity index (χ2n) is 4.95.